The zero-order valence-corrected chi connectivity index (χ0v) is 13.4. The maximum atomic E-state index is 11.3. The number of nitro benzene ring substituents is 1. The summed E-state index contributed by atoms with van der Waals surface area (Å²) in [6, 6.07) is 7.09. The van der Waals surface area contributed by atoms with Gasteiger partial charge in [-0.2, -0.15) is 0 Å². The summed E-state index contributed by atoms with van der Waals surface area (Å²) in [5.41, 5.74) is -0.612. The van der Waals surface area contributed by atoms with E-state index < -0.39 is 22.1 Å². The molecule has 0 bridgehead atoms. The fourth-order valence-corrected chi connectivity index (χ4v) is 2.50. The molecule has 0 amide bonds. The maximum Gasteiger partial charge on any atom is 0.342 e. The van der Waals surface area contributed by atoms with Gasteiger partial charge in [0.2, 0.25) is 0 Å². The first-order chi connectivity index (χ1) is 10.8. The third-order valence-electron chi connectivity index (χ3n) is 3.08. The van der Waals surface area contributed by atoms with E-state index in [4.69, 9.17) is 27.9 Å². The molecule has 120 valence electrons. The second kappa shape index (κ2) is 6.85. The van der Waals surface area contributed by atoms with Crippen LogP contribution in [0, 0.1) is 10.1 Å². The van der Waals surface area contributed by atoms with Crippen LogP contribution < -0.4 is 4.74 Å². The number of hydrogen-bond donors (Lipinski definition) is 1. The molecule has 0 atom stereocenters. The third kappa shape index (κ3) is 3.72. The van der Waals surface area contributed by atoms with Crippen molar-refractivity contribution in [3.63, 3.8) is 0 Å². The number of rotatable bonds is 5. The van der Waals surface area contributed by atoms with Gasteiger partial charge < -0.3 is 9.84 Å². The Kier molecular flexibility index (Phi) is 5.08. The van der Waals surface area contributed by atoms with Gasteiger partial charge in [-0.3, -0.25) is 10.1 Å². The molecule has 0 aromatic heterocycles. The number of aryl methyl sites for hydroxylation is 1. The Morgan fingerprint density at radius 1 is 1.30 bits per heavy atom. The van der Waals surface area contributed by atoms with Gasteiger partial charge >= 0.3 is 5.97 Å². The molecule has 2 aromatic rings. The summed E-state index contributed by atoms with van der Waals surface area (Å²) >= 11 is 11.8. The van der Waals surface area contributed by atoms with Crippen molar-refractivity contribution in [2.75, 3.05) is 0 Å². The van der Waals surface area contributed by atoms with Crippen LogP contribution in [-0.4, -0.2) is 16.0 Å². The predicted octanol–water partition coefficient (Wildman–Crippen LogP) is 4.95. The summed E-state index contributed by atoms with van der Waals surface area (Å²) in [5, 5.41) is 21.0. The van der Waals surface area contributed by atoms with Gasteiger partial charge in [-0.1, -0.05) is 30.1 Å². The number of halogens is 2. The number of ether oxygens (including phenoxy) is 1. The van der Waals surface area contributed by atoms with Crippen molar-refractivity contribution < 1.29 is 19.6 Å². The topological polar surface area (TPSA) is 89.7 Å². The van der Waals surface area contributed by atoms with Gasteiger partial charge in [-0.05, 0) is 30.7 Å². The highest BCUT2D eigenvalue weighted by atomic mass is 35.5. The third-order valence-corrected chi connectivity index (χ3v) is 3.61. The van der Waals surface area contributed by atoms with Crippen LogP contribution >= 0.6 is 23.2 Å². The number of nitrogens with zero attached hydrogens (tertiary/aromatic N) is 1. The smallest absolute Gasteiger partial charge is 0.342 e. The lowest BCUT2D eigenvalue weighted by molar-refractivity contribution is -0.385. The van der Waals surface area contributed by atoms with Crippen molar-refractivity contribution in [1.82, 2.24) is 0 Å². The normalized spacial score (nSPS) is 10.4. The van der Waals surface area contributed by atoms with Gasteiger partial charge in [-0.25, -0.2) is 4.79 Å². The number of hydrogen-bond acceptors (Lipinski definition) is 4. The molecule has 0 aliphatic heterocycles. The van der Waals surface area contributed by atoms with Gasteiger partial charge in [0, 0.05) is 16.7 Å². The molecule has 8 heteroatoms. The summed E-state index contributed by atoms with van der Waals surface area (Å²) in [7, 11) is 0. The summed E-state index contributed by atoms with van der Waals surface area (Å²) in [6.45, 7) is 1.69. The molecule has 0 heterocycles. The van der Waals surface area contributed by atoms with Crippen LogP contribution in [0.2, 0.25) is 10.0 Å². The summed E-state index contributed by atoms with van der Waals surface area (Å²) in [6.07, 6.45) is 0.280. The fourth-order valence-electron chi connectivity index (χ4n) is 2.06. The minimum absolute atomic E-state index is 0.147. The highest BCUT2D eigenvalue weighted by Crippen LogP contribution is 2.35. The van der Waals surface area contributed by atoms with E-state index in [-0.39, 0.29) is 28.5 Å². The van der Waals surface area contributed by atoms with Gasteiger partial charge in [0.25, 0.3) is 5.69 Å². The highest BCUT2D eigenvalue weighted by molar-refractivity contribution is 6.35. The molecule has 0 radical (unpaired) electrons. The van der Waals surface area contributed by atoms with Crippen molar-refractivity contribution in [3.8, 4) is 11.5 Å². The molecule has 6 nitrogen and oxygen atoms in total. The predicted molar refractivity (Wildman–Crippen MR) is 86.0 cm³/mol. The Morgan fingerprint density at radius 2 is 2.00 bits per heavy atom. The number of carboxylic acids is 1. The van der Waals surface area contributed by atoms with E-state index in [2.05, 4.69) is 0 Å². The number of benzene rings is 2. The molecule has 2 rings (SSSR count). The van der Waals surface area contributed by atoms with E-state index in [1.165, 1.54) is 18.2 Å². The number of carboxylic acid groups (broad SMARTS) is 1. The SMILES string of the molecule is CCc1cc(Oc2ccc(Cl)cc2Cl)cc(C(=O)O)c1[N+](=O)[O-]. The van der Waals surface area contributed by atoms with Crippen molar-refractivity contribution in [3.05, 3.63) is 61.6 Å². The van der Waals surface area contributed by atoms with Gasteiger partial charge in [0.05, 0.1) is 9.95 Å². The van der Waals surface area contributed by atoms with Gasteiger partial charge in [-0.15, -0.1) is 0 Å². The second-order valence-corrected chi connectivity index (χ2v) is 5.41. The van der Waals surface area contributed by atoms with Crippen molar-refractivity contribution in [2.45, 2.75) is 13.3 Å². The van der Waals surface area contributed by atoms with E-state index in [1.807, 2.05) is 0 Å². The largest absolute Gasteiger partial charge is 0.477 e. The first-order valence-electron chi connectivity index (χ1n) is 6.51. The lowest BCUT2D eigenvalue weighted by Gasteiger charge is -2.11. The van der Waals surface area contributed by atoms with Crippen molar-refractivity contribution in [2.24, 2.45) is 0 Å². The first-order valence-corrected chi connectivity index (χ1v) is 7.26. The molecule has 0 saturated heterocycles. The van der Waals surface area contributed by atoms with Crippen LogP contribution in [0.4, 0.5) is 5.69 Å². The molecule has 0 aliphatic carbocycles. The standard InChI is InChI=1S/C15H11Cl2NO5/c1-2-8-5-10(7-11(15(19)20)14(8)18(21)22)23-13-4-3-9(16)6-12(13)17/h3-7H,2H2,1H3,(H,19,20). The van der Waals surface area contributed by atoms with Crippen LogP contribution in [-0.2, 0) is 6.42 Å². The second-order valence-electron chi connectivity index (χ2n) is 4.57. The molecular weight excluding hydrogens is 345 g/mol. The fraction of sp³-hybridized carbons (Fsp3) is 0.133. The molecule has 0 spiro atoms. The Hall–Kier alpha value is -2.31. The molecule has 0 unspecified atom stereocenters. The van der Waals surface area contributed by atoms with Crippen LogP contribution in [0.15, 0.2) is 30.3 Å². The minimum Gasteiger partial charge on any atom is -0.477 e. The molecule has 0 aliphatic rings. The molecule has 23 heavy (non-hydrogen) atoms. The quantitative estimate of drug-likeness (QED) is 0.604. The molecule has 0 fully saturated rings. The number of carbonyl (C=O) groups is 1. The lowest BCUT2D eigenvalue weighted by Crippen LogP contribution is -2.06. The molecule has 1 N–H and O–H groups in total. The highest BCUT2D eigenvalue weighted by Gasteiger charge is 2.25. The van der Waals surface area contributed by atoms with E-state index in [0.29, 0.717) is 5.02 Å². The number of aromatic carboxylic acids is 1. The Labute approximate surface area is 141 Å². The Balaban J connectivity index is 2.53. The van der Waals surface area contributed by atoms with E-state index in [9.17, 15) is 20.0 Å². The average Bonchev–Trinajstić information content (AvgIpc) is 2.48. The van der Waals surface area contributed by atoms with Crippen LogP contribution in [0.5, 0.6) is 11.5 Å². The van der Waals surface area contributed by atoms with Crippen LogP contribution in [0.25, 0.3) is 0 Å². The average molecular weight is 356 g/mol. The van der Waals surface area contributed by atoms with Gasteiger partial charge in [0.15, 0.2) is 0 Å². The van der Waals surface area contributed by atoms with Crippen LogP contribution in [0.3, 0.4) is 0 Å². The first kappa shape index (κ1) is 17.1. The van der Waals surface area contributed by atoms with Crippen molar-refractivity contribution >= 4 is 34.9 Å². The molecular formula is C15H11Cl2NO5. The minimum atomic E-state index is -1.40. The van der Waals surface area contributed by atoms with Gasteiger partial charge in [0.1, 0.15) is 17.1 Å². The summed E-state index contributed by atoms with van der Waals surface area (Å²) in [5.74, 6) is -0.989. The van der Waals surface area contributed by atoms with Crippen LogP contribution in [0.1, 0.15) is 22.8 Å². The Morgan fingerprint density at radius 3 is 2.52 bits per heavy atom. The van der Waals surface area contributed by atoms with E-state index in [0.717, 1.165) is 6.07 Å². The molecule has 2 aromatic carbocycles. The maximum absolute atomic E-state index is 11.3. The summed E-state index contributed by atoms with van der Waals surface area (Å²) < 4.78 is 5.56. The van der Waals surface area contributed by atoms with E-state index >= 15 is 0 Å². The monoisotopic (exact) mass is 355 g/mol. The zero-order valence-electron chi connectivity index (χ0n) is 11.9. The summed E-state index contributed by atoms with van der Waals surface area (Å²) in [4.78, 5) is 21.7. The zero-order chi connectivity index (χ0) is 17.1. The lowest BCUT2D eigenvalue weighted by atomic mass is 10.0. The Bertz CT molecular complexity index is 792. The number of nitro groups is 1. The van der Waals surface area contributed by atoms with Crippen molar-refractivity contribution in [1.29, 1.82) is 0 Å². The molecule has 0 saturated carbocycles. The van der Waals surface area contributed by atoms with E-state index in [1.54, 1.807) is 13.0 Å².